The number of thioether (sulfide) groups is 1. The van der Waals surface area contributed by atoms with Gasteiger partial charge in [-0.05, 0) is 18.2 Å². The molecule has 10 heteroatoms. The number of carbonyl (C=O) groups excluding carboxylic acids is 1. The van der Waals surface area contributed by atoms with Crippen LogP contribution in [-0.2, 0) is 9.53 Å². The molecule has 0 aliphatic heterocycles. The van der Waals surface area contributed by atoms with Crippen molar-refractivity contribution in [2.45, 2.75) is 5.16 Å². The Bertz CT molecular complexity index is 703. The highest BCUT2D eigenvalue weighted by Crippen LogP contribution is 2.21. The van der Waals surface area contributed by atoms with Gasteiger partial charge in [-0.15, -0.1) is 5.10 Å². The van der Waals surface area contributed by atoms with Crippen molar-refractivity contribution < 1.29 is 19.4 Å². The summed E-state index contributed by atoms with van der Waals surface area (Å²) < 4.78 is 9.60. The number of carbonyl (C=O) groups is 1. The first-order valence-corrected chi connectivity index (χ1v) is 7.39. The van der Waals surface area contributed by atoms with Crippen molar-refractivity contribution in [2.24, 2.45) is 5.10 Å². The van der Waals surface area contributed by atoms with Crippen LogP contribution >= 0.6 is 11.8 Å². The number of rotatable bonds is 7. The number of aromatic hydroxyl groups is 1. The van der Waals surface area contributed by atoms with Gasteiger partial charge < -0.3 is 14.6 Å². The predicted octanol–water partition coefficient (Wildman–Crippen LogP) is 1.23. The van der Waals surface area contributed by atoms with Crippen LogP contribution in [0.3, 0.4) is 0 Å². The molecular formula is C13H15N5O4S. The zero-order valence-electron chi connectivity index (χ0n) is 12.4. The molecule has 2 aromatic rings. The second-order valence-electron chi connectivity index (χ2n) is 4.13. The topological polar surface area (TPSA) is 122 Å². The number of aromatic amines is 1. The maximum absolute atomic E-state index is 11.0. The minimum Gasteiger partial charge on any atom is -0.507 e. The Hall–Kier alpha value is -2.75. The minimum absolute atomic E-state index is 0.0724. The number of hydrogen-bond acceptors (Lipinski definition) is 9. The number of benzene rings is 1. The number of esters is 1. The summed E-state index contributed by atoms with van der Waals surface area (Å²) in [6, 6.07) is 4.79. The summed E-state index contributed by atoms with van der Waals surface area (Å²) in [6.45, 7) is 0. The molecule has 0 saturated heterocycles. The third-order valence-electron chi connectivity index (χ3n) is 2.62. The van der Waals surface area contributed by atoms with Crippen molar-refractivity contribution >= 4 is 29.9 Å². The van der Waals surface area contributed by atoms with Gasteiger partial charge >= 0.3 is 5.97 Å². The lowest BCUT2D eigenvalue weighted by atomic mass is 10.2. The van der Waals surface area contributed by atoms with E-state index in [2.05, 4.69) is 30.4 Å². The van der Waals surface area contributed by atoms with Crippen molar-refractivity contribution in [2.75, 3.05) is 25.4 Å². The van der Waals surface area contributed by atoms with Crippen LogP contribution in [0.25, 0.3) is 0 Å². The number of phenolic OH excluding ortho intramolecular Hbond substituents is 1. The minimum atomic E-state index is -0.360. The number of phenols is 1. The summed E-state index contributed by atoms with van der Waals surface area (Å²) in [7, 11) is 2.85. The van der Waals surface area contributed by atoms with Crippen molar-refractivity contribution in [1.29, 1.82) is 0 Å². The number of ether oxygens (including phenoxy) is 2. The van der Waals surface area contributed by atoms with Crippen LogP contribution in [0.15, 0.2) is 28.5 Å². The van der Waals surface area contributed by atoms with Gasteiger partial charge in [0, 0.05) is 5.56 Å². The lowest BCUT2D eigenvalue weighted by Crippen LogP contribution is -2.03. The zero-order valence-corrected chi connectivity index (χ0v) is 13.3. The van der Waals surface area contributed by atoms with Crippen LogP contribution in [0.1, 0.15) is 5.56 Å². The van der Waals surface area contributed by atoms with Gasteiger partial charge in [0.25, 0.3) is 0 Å². The van der Waals surface area contributed by atoms with Gasteiger partial charge in [0.1, 0.15) is 11.5 Å². The molecule has 0 amide bonds. The highest BCUT2D eigenvalue weighted by molar-refractivity contribution is 7.99. The first kappa shape index (κ1) is 16.6. The predicted molar refractivity (Wildman–Crippen MR) is 85.0 cm³/mol. The summed E-state index contributed by atoms with van der Waals surface area (Å²) >= 11 is 1.13. The van der Waals surface area contributed by atoms with E-state index in [4.69, 9.17) is 4.74 Å². The van der Waals surface area contributed by atoms with Gasteiger partial charge in [-0.1, -0.05) is 11.8 Å². The number of aromatic nitrogens is 3. The first-order chi connectivity index (χ1) is 11.1. The monoisotopic (exact) mass is 337 g/mol. The first-order valence-electron chi connectivity index (χ1n) is 6.40. The number of hydrazone groups is 1. The average Bonchev–Trinajstić information content (AvgIpc) is 3.02. The second kappa shape index (κ2) is 8.03. The molecular weight excluding hydrogens is 322 g/mol. The molecule has 0 unspecified atom stereocenters. The Morgan fingerprint density at radius 2 is 2.35 bits per heavy atom. The van der Waals surface area contributed by atoms with Crippen LogP contribution in [0, 0.1) is 0 Å². The van der Waals surface area contributed by atoms with Gasteiger partial charge in [-0.2, -0.15) is 10.1 Å². The molecule has 0 bridgehead atoms. The number of H-pyrrole nitrogens is 1. The van der Waals surface area contributed by atoms with Crippen LogP contribution < -0.4 is 10.2 Å². The molecule has 0 radical (unpaired) electrons. The summed E-state index contributed by atoms with van der Waals surface area (Å²) in [5, 5.41) is 20.6. The third kappa shape index (κ3) is 4.88. The van der Waals surface area contributed by atoms with Crippen LogP contribution in [0.2, 0.25) is 0 Å². The standard InChI is InChI=1S/C13H15N5O4S/c1-21-9-3-4-10(19)8(5-9)6-14-16-12-15-13(18-17-12)23-7-11(20)22-2/h3-6,19H,7H2,1-2H3,(H2,15,16,17,18)/b14-6+. The van der Waals surface area contributed by atoms with Gasteiger partial charge in [0.2, 0.25) is 11.1 Å². The van der Waals surface area contributed by atoms with E-state index in [-0.39, 0.29) is 17.5 Å². The number of methoxy groups -OCH3 is 2. The molecule has 0 saturated carbocycles. The van der Waals surface area contributed by atoms with Crippen molar-refractivity contribution in [1.82, 2.24) is 15.2 Å². The van der Waals surface area contributed by atoms with Crippen LogP contribution in [0.5, 0.6) is 11.5 Å². The summed E-state index contributed by atoms with van der Waals surface area (Å²) in [6.07, 6.45) is 1.42. The number of nitrogens with one attached hydrogen (secondary N) is 2. The molecule has 1 aromatic heterocycles. The van der Waals surface area contributed by atoms with Gasteiger partial charge in [0.05, 0.1) is 26.2 Å². The Balaban J connectivity index is 1.93. The van der Waals surface area contributed by atoms with E-state index < -0.39 is 0 Å². The molecule has 122 valence electrons. The van der Waals surface area contributed by atoms with Crippen molar-refractivity contribution in [3.8, 4) is 11.5 Å². The van der Waals surface area contributed by atoms with E-state index in [1.807, 2.05) is 0 Å². The molecule has 0 fully saturated rings. The van der Waals surface area contributed by atoms with Crippen molar-refractivity contribution in [3.05, 3.63) is 23.8 Å². The normalized spacial score (nSPS) is 10.7. The largest absolute Gasteiger partial charge is 0.507 e. The summed E-state index contributed by atoms with van der Waals surface area (Å²) in [4.78, 5) is 15.1. The van der Waals surface area contributed by atoms with E-state index in [1.54, 1.807) is 12.1 Å². The number of anilines is 1. The van der Waals surface area contributed by atoms with E-state index in [0.29, 0.717) is 22.4 Å². The fourth-order valence-electron chi connectivity index (χ4n) is 1.47. The average molecular weight is 337 g/mol. The van der Waals surface area contributed by atoms with E-state index in [0.717, 1.165) is 11.8 Å². The molecule has 1 aromatic carbocycles. The van der Waals surface area contributed by atoms with E-state index in [1.165, 1.54) is 26.5 Å². The molecule has 1 heterocycles. The zero-order chi connectivity index (χ0) is 16.7. The number of nitrogens with zero attached hydrogens (tertiary/aromatic N) is 3. The maximum Gasteiger partial charge on any atom is 0.316 e. The molecule has 2 rings (SSSR count). The van der Waals surface area contributed by atoms with E-state index >= 15 is 0 Å². The van der Waals surface area contributed by atoms with Crippen molar-refractivity contribution in [3.63, 3.8) is 0 Å². The third-order valence-corrected chi connectivity index (χ3v) is 3.44. The maximum atomic E-state index is 11.0. The Labute approximate surface area is 136 Å². The molecule has 3 N–H and O–H groups in total. The Morgan fingerprint density at radius 3 is 3.09 bits per heavy atom. The van der Waals surface area contributed by atoms with E-state index in [9.17, 15) is 9.90 Å². The fourth-order valence-corrected chi connectivity index (χ4v) is 2.10. The van der Waals surface area contributed by atoms with Gasteiger partial charge in [-0.25, -0.2) is 10.5 Å². The summed E-state index contributed by atoms with van der Waals surface area (Å²) in [5.41, 5.74) is 3.12. The lowest BCUT2D eigenvalue weighted by Gasteiger charge is -2.02. The summed E-state index contributed by atoms with van der Waals surface area (Å²) in [5.74, 6) is 0.736. The van der Waals surface area contributed by atoms with Crippen LogP contribution in [-0.4, -0.2) is 52.4 Å². The molecule has 0 aliphatic carbocycles. The quantitative estimate of drug-likeness (QED) is 0.298. The lowest BCUT2D eigenvalue weighted by molar-refractivity contribution is -0.137. The molecule has 0 aliphatic rings. The smallest absolute Gasteiger partial charge is 0.316 e. The Kier molecular flexibility index (Phi) is 5.80. The van der Waals surface area contributed by atoms with Gasteiger partial charge in [-0.3, -0.25) is 4.79 Å². The fraction of sp³-hybridized carbons (Fsp3) is 0.231. The second-order valence-corrected chi connectivity index (χ2v) is 5.07. The Morgan fingerprint density at radius 1 is 1.52 bits per heavy atom. The SMILES string of the molecule is COC(=O)CSc1n[nH]c(N/N=C/c2cc(OC)ccc2O)n1. The molecule has 0 spiro atoms. The highest BCUT2D eigenvalue weighted by Gasteiger charge is 2.07. The van der Waals surface area contributed by atoms with Gasteiger partial charge in [0.15, 0.2) is 0 Å². The number of hydrogen-bond donors (Lipinski definition) is 3. The molecule has 23 heavy (non-hydrogen) atoms. The van der Waals surface area contributed by atoms with Crippen LogP contribution in [0.4, 0.5) is 5.95 Å². The highest BCUT2D eigenvalue weighted by atomic mass is 32.2. The molecule has 9 nitrogen and oxygen atoms in total. The molecule has 0 atom stereocenters.